The van der Waals surface area contributed by atoms with Crippen LogP contribution in [0.15, 0.2) is 266 Å². The van der Waals surface area contributed by atoms with Crippen molar-refractivity contribution in [2.75, 3.05) is 4.90 Å². The highest BCUT2D eigenvalue weighted by Gasteiger charge is 2.46. The highest BCUT2D eigenvalue weighted by atomic mass is 15.1. The molecule has 0 bridgehead atoms. The van der Waals surface area contributed by atoms with Gasteiger partial charge in [0.1, 0.15) is 0 Å². The first-order valence-corrected chi connectivity index (χ1v) is 21.2. The van der Waals surface area contributed by atoms with Crippen molar-refractivity contribution in [3.05, 3.63) is 294 Å². The third-order valence-electron chi connectivity index (χ3n) is 12.1. The van der Waals surface area contributed by atoms with E-state index in [0.29, 0.717) is 11.1 Å². The molecule has 0 saturated heterocycles. The van der Waals surface area contributed by atoms with Crippen LogP contribution in [0.5, 0.6) is 0 Å². The lowest BCUT2D eigenvalue weighted by molar-refractivity contribution is 0.768. The van der Waals surface area contributed by atoms with Crippen LogP contribution in [0, 0.1) is 6.92 Å². The normalized spacial score (nSPS) is 17.6. The van der Waals surface area contributed by atoms with Crippen molar-refractivity contribution in [1.82, 2.24) is 0 Å². The van der Waals surface area contributed by atoms with Crippen LogP contribution >= 0.6 is 0 Å². The molecule has 12 rings (SSSR count). The van der Waals surface area contributed by atoms with Crippen molar-refractivity contribution >= 4 is 27.8 Å². The zero-order chi connectivity index (χ0) is 66.5. The summed E-state index contributed by atoms with van der Waals surface area (Å²) in [4.78, 5) is 1.06. The first-order valence-electron chi connectivity index (χ1n) is 33.7. The maximum Gasteiger partial charge on any atom is 0.0714 e. The van der Waals surface area contributed by atoms with Gasteiger partial charge in [0.25, 0.3) is 0 Å². The fraction of sp³-hybridized carbons (Fsp3) is 0.0303. The third-order valence-corrected chi connectivity index (χ3v) is 12.1. The molecule has 1 heteroatoms. The number of nitrogens with zero attached hydrogens (tertiary/aromatic N) is 1. The highest BCUT2D eigenvalue weighted by molar-refractivity contribution is 6.04. The van der Waals surface area contributed by atoms with Crippen LogP contribution in [0.2, 0.25) is 0 Å². The quantitative estimate of drug-likeness (QED) is 0.140. The van der Waals surface area contributed by atoms with E-state index in [-0.39, 0.29) is 11.3 Å². The summed E-state index contributed by atoms with van der Waals surface area (Å²) in [5, 5.41) is 1.79. The lowest BCUT2D eigenvalue weighted by Crippen LogP contribution is -2.28. The van der Waals surface area contributed by atoms with Gasteiger partial charge in [-0.15, -0.1) is 0 Å². The molecule has 0 atom stereocenters. The Labute approximate surface area is 428 Å². The molecule has 0 heterocycles. The van der Waals surface area contributed by atoms with Crippen LogP contribution in [0.1, 0.15) is 62.1 Å². The molecule has 0 amide bonds. The zero-order valence-corrected chi connectivity index (χ0v) is 35.4. The van der Waals surface area contributed by atoms with Gasteiger partial charge in [-0.25, -0.2) is 0 Å². The molecule has 0 saturated carbocycles. The van der Waals surface area contributed by atoms with E-state index in [1.807, 2.05) is 91.0 Å². The van der Waals surface area contributed by atoms with Gasteiger partial charge in [-0.3, -0.25) is 0 Å². The molecule has 11 aromatic rings. The van der Waals surface area contributed by atoms with Crippen LogP contribution in [0.25, 0.3) is 66.4 Å². The third kappa shape index (κ3) is 6.87. The summed E-state index contributed by atoms with van der Waals surface area (Å²) >= 11 is 0. The Balaban J connectivity index is 1.23. The summed E-state index contributed by atoms with van der Waals surface area (Å²) in [6.45, 7) is 1.30. The van der Waals surface area contributed by atoms with Gasteiger partial charge in [0.2, 0.25) is 0 Å². The molecule has 1 nitrogen and oxygen atoms in total. The predicted molar refractivity (Wildman–Crippen MR) is 282 cm³/mol. The summed E-state index contributed by atoms with van der Waals surface area (Å²) in [5.74, 6) is 0. The molecule has 67 heavy (non-hydrogen) atoms. The standard InChI is InChI=1S/C66H47N/c1-46-44-53(48-20-8-3-9-21-48)37-43-64(46)67(57-40-42-61-60-28-16-17-29-62(60)66(63(61)45-57,54-23-10-4-11-24-54)55-25-12-5-13-26-55)56-38-34-51(35-39-56)59-41-36-50-22-14-15-27-58(50)65(59)52-32-30-49(31-33-52)47-18-6-2-7-19-47/h2-45H,1H3/i3D,4D,5D,8D,9D,10D,11D,12D,13D,16D,17D,20D,21D,23D,24D,25D,26D,28D,29D,37D,40D,42D,43D,44D,45D. The molecular formula is C66H47N. The van der Waals surface area contributed by atoms with Crippen molar-refractivity contribution in [2.24, 2.45) is 0 Å². The molecule has 0 radical (unpaired) electrons. The van der Waals surface area contributed by atoms with Crippen molar-refractivity contribution < 1.29 is 34.3 Å². The Morgan fingerprint density at radius 2 is 0.970 bits per heavy atom. The van der Waals surface area contributed by atoms with Crippen LogP contribution in [0.3, 0.4) is 0 Å². The number of anilines is 3. The molecule has 1 aliphatic carbocycles. The predicted octanol–water partition coefficient (Wildman–Crippen LogP) is 17.6. The fourth-order valence-electron chi connectivity index (χ4n) is 9.04. The largest absolute Gasteiger partial charge is 0.310 e. The van der Waals surface area contributed by atoms with E-state index < -0.39 is 212 Å². The molecular weight excluding hydrogens is 807 g/mol. The lowest BCUT2D eigenvalue weighted by Gasteiger charge is -2.35. The molecule has 0 spiro atoms. The van der Waals surface area contributed by atoms with Crippen LogP contribution < -0.4 is 4.90 Å². The van der Waals surface area contributed by atoms with Crippen molar-refractivity contribution in [2.45, 2.75) is 12.3 Å². The van der Waals surface area contributed by atoms with Gasteiger partial charge >= 0.3 is 0 Å². The van der Waals surface area contributed by atoms with Crippen LogP contribution in [0.4, 0.5) is 17.1 Å². The van der Waals surface area contributed by atoms with E-state index in [9.17, 15) is 16.4 Å². The number of fused-ring (bicyclic) bond motifs is 4. The molecule has 1 aliphatic rings. The van der Waals surface area contributed by atoms with E-state index in [1.54, 1.807) is 12.1 Å². The van der Waals surface area contributed by atoms with Gasteiger partial charge in [0.15, 0.2) is 0 Å². The topological polar surface area (TPSA) is 3.24 Å². The van der Waals surface area contributed by atoms with Crippen LogP contribution in [-0.2, 0) is 5.41 Å². The average Bonchev–Trinajstić information content (AvgIpc) is 1.47. The summed E-state index contributed by atoms with van der Waals surface area (Å²) in [6, 6.07) is 11.9. The summed E-state index contributed by atoms with van der Waals surface area (Å²) < 4.78 is 233. The number of hydrogen-bond acceptors (Lipinski definition) is 1. The molecule has 0 N–H and O–H groups in total. The Morgan fingerprint density at radius 3 is 1.70 bits per heavy atom. The Bertz CT molecular complexity index is 4860. The van der Waals surface area contributed by atoms with Gasteiger partial charge in [-0.05, 0) is 137 Å². The second-order valence-corrected chi connectivity index (χ2v) is 15.7. The SMILES string of the molecule is [2H]c1c([2H])c([2H])c(-c2c([2H])c([2H])c(N(c3ccc(-c4ccc5ccccc5c4-c4ccc(-c5ccccc5)cc4)cc3)c3c([2H])c([2H])c4c(c3[2H])C(c3c([2H])c([2H])c([2H])c([2H])c3[2H])(c3c([2H])c([2H])c([2H])c([2H])c3[2H])c3c([2H])c([2H])c([2H])c([2H])c3-4)c(C)c2[2H])c([2H])c1[2H]. The number of benzene rings is 11. The van der Waals surface area contributed by atoms with Crippen molar-refractivity contribution in [3.8, 4) is 55.6 Å². The van der Waals surface area contributed by atoms with E-state index in [0.717, 1.165) is 37.9 Å². The minimum atomic E-state index is -3.20. The lowest BCUT2D eigenvalue weighted by atomic mass is 9.67. The van der Waals surface area contributed by atoms with Gasteiger partial charge in [-0.1, -0.05) is 230 Å². The van der Waals surface area contributed by atoms with Gasteiger partial charge in [0.05, 0.1) is 39.7 Å². The summed E-state index contributed by atoms with van der Waals surface area (Å²) in [6.07, 6.45) is 0. The average molecular weight is 879 g/mol. The molecule has 0 fully saturated rings. The second-order valence-electron chi connectivity index (χ2n) is 15.7. The maximum absolute atomic E-state index is 10.8. The summed E-state index contributed by atoms with van der Waals surface area (Å²) in [7, 11) is 0. The second kappa shape index (κ2) is 16.8. The van der Waals surface area contributed by atoms with Gasteiger partial charge in [0, 0.05) is 17.1 Å². The molecule has 0 aliphatic heterocycles. The Kier molecular flexibility index (Phi) is 5.43. The minimum Gasteiger partial charge on any atom is -0.310 e. The Hall–Kier alpha value is -8.52. The van der Waals surface area contributed by atoms with Gasteiger partial charge < -0.3 is 4.90 Å². The maximum atomic E-state index is 10.8. The fourth-order valence-corrected chi connectivity index (χ4v) is 9.04. The summed E-state index contributed by atoms with van der Waals surface area (Å²) in [5.41, 5.74) is -5.97. The van der Waals surface area contributed by atoms with Gasteiger partial charge in [-0.2, -0.15) is 0 Å². The zero-order valence-electron chi connectivity index (χ0n) is 60.4. The van der Waals surface area contributed by atoms with E-state index in [4.69, 9.17) is 17.8 Å². The van der Waals surface area contributed by atoms with E-state index in [2.05, 4.69) is 0 Å². The van der Waals surface area contributed by atoms with Crippen molar-refractivity contribution in [1.29, 1.82) is 0 Å². The van der Waals surface area contributed by atoms with E-state index in [1.165, 1.54) is 19.1 Å². The number of hydrogen-bond donors (Lipinski definition) is 0. The first-order chi connectivity index (χ1) is 43.5. The van der Waals surface area contributed by atoms with Crippen LogP contribution in [-0.4, -0.2) is 0 Å². The smallest absolute Gasteiger partial charge is 0.0714 e. The molecule has 11 aromatic carbocycles. The first kappa shape index (κ1) is 21.6. The monoisotopic (exact) mass is 879 g/mol. The molecule has 0 aromatic heterocycles. The molecule has 0 unspecified atom stereocenters. The van der Waals surface area contributed by atoms with E-state index >= 15 is 0 Å². The van der Waals surface area contributed by atoms with Crippen molar-refractivity contribution in [3.63, 3.8) is 0 Å². The minimum absolute atomic E-state index is 0.0772. The Morgan fingerprint density at radius 1 is 0.373 bits per heavy atom. The number of rotatable bonds is 9. The highest BCUT2D eigenvalue weighted by Crippen LogP contribution is 2.57. The molecule has 316 valence electrons.